The highest BCUT2D eigenvalue weighted by molar-refractivity contribution is 7.80. The van der Waals surface area contributed by atoms with E-state index in [4.69, 9.17) is 41.2 Å². The summed E-state index contributed by atoms with van der Waals surface area (Å²) in [6.07, 6.45) is 1.06. The van der Waals surface area contributed by atoms with E-state index in [1.807, 2.05) is 13.0 Å². The summed E-state index contributed by atoms with van der Waals surface area (Å²) in [5.41, 5.74) is 12.8. The van der Waals surface area contributed by atoms with Crippen LogP contribution in [-0.4, -0.2) is 5.11 Å². The van der Waals surface area contributed by atoms with Crippen molar-refractivity contribution in [1.29, 1.82) is 0 Å². The lowest BCUT2D eigenvalue weighted by Gasteiger charge is -2.23. The fraction of sp³-hybridized carbons (Fsp3) is 0.381. The number of fused-ring (bicyclic) bond motifs is 1. The van der Waals surface area contributed by atoms with Crippen molar-refractivity contribution in [3.05, 3.63) is 51.0 Å². The maximum Gasteiger partial charge on any atom is 0.175 e. The number of halogens is 2. The van der Waals surface area contributed by atoms with E-state index in [9.17, 15) is 0 Å². The van der Waals surface area contributed by atoms with E-state index in [1.165, 1.54) is 11.1 Å². The molecule has 0 unspecified atom stereocenters. The van der Waals surface area contributed by atoms with Gasteiger partial charge in [-0.25, -0.2) is 0 Å². The molecule has 4 N–H and O–H groups in total. The fourth-order valence-corrected chi connectivity index (χ4v) is 4.87. The number of nitrogens with one attached hydrogen (secondary N) is 2. The summed E-state index contributed by atoms with van der Waals surface area (Å²) in [6, 6.07) is 7.50. The Hall–Kier alpha value is -1.49. The topological polar surface area (TPSA) is 50.1 Å². The number of rotatable bonds is 2. The molecule has 0 amide bonds. The summed E-state index contributed by atoms with van der Waals surface area (Å²) >= 11 is 17.5. The Morgan fingerprint density at radius 1 is 1.04 bits per heavy atom. The van der Waals surface area contributed by atoms with Crippen molar-refractivity contribution in [3.63, 3.8) is 0 Å². The van der Waals surface area contributed by atoms with Crippen molar-refractivity contribution < 1.29 is 0 Å². The molecule has 0 aromatic heterocycles. The third-order valence-corrected chi connectivity index (χ3v) is 6.29. The van der Waals surface area contributed by atoms with Crippen LogP contribution in [0.4, 0.5) is 17.1 Å². The molecule has 6 heteroatoms. The third-order valence-electron chi connectivity index (χ3n) is 5.35. The molecule has 27 heavy (non-hydrogen) atoms. The molecule has 0 aliphatic heterocycles. The number of anilines is 3. The summed E-state index contributed by atoms with van der Waals surface area (Å²) in [7, 11) is 0. The van der Waals surface area contributed by atoms with Gasteiger partial charge in [0.15, 0.2) is 5.11 Å². The van der Waals surface area contributed by atoms with Gasteiger partial charge in [0.05, 0.1) is 10.0 Å². The number of nitrogens with two attached hydrogens (primary N) is 1. The fourth-order valence-electron chi connectivity index (χ4n) is 4.34. The smallest absolute Gasteiger partial charge is 0.175 e. The average molecular weight is 422 g/mol. The molecule has 1 aliphatic carbocycles. The first-order valence-electron chi connectivity index (χ1n) is 8.89. The van der Waals surface area contributed by atoms with Crippen LogP contribution in [0.25, 0.3) is 0 Å². The van der Waals surface area contributed by atoms with Crippen molar-refractivity contribution in [2.24, 2.45) is 0 Å². The lowest BCUT2D eigenvalue weighted by Crippen LogP contribution is -2.21. The van der Waals surface area contributed by atoms with Gasteiger partial charge in [0, 0.05) is 17.1 Å². The zero-order valence-electron chi connectivity index (χ0n) is 16.3. The van der Waals surface area contributed by atoms with Crippen LogP contribution in [0, 0.1) is 6.92 Å². The predicted molar refractivity (Wildman–Crippen MR) is 123 cm³/mol. The second-order valence-corrected chi connectivity index (χ2v) is 9.76. The minimum Gasteiger partial charge on any atom is -0.398 e. The first-order valence-corrected chi connectivity index (χ1v) is 10.1. The Morgan fingerprint density at radius 2 is 1.70 bits per heavy atom. The van der Waals surface area contributed by atoms with Crippen molar-refractivity contribution in [3.8, 4) is 0 Å². The first-order chi connectivity index (χ1) is 12.4. The molecule has 0 spiro atoms. The van der Waals surface area contributed by atoms with E-state index in [1.54, 1.807) is 12.1 Å². The van der Waals surface area contributed by atoms with E-state index in [-0.39, 0.29) is 10.8 Å². The summed E-state index contributed by atoms with van der Waals surface area (Å²) in [6.45, 7) is 11.1. The van der Waals surface area contributed by atoms with Gasteiger partial charge < -0.3 is 16.4 Å². The van der Waals surface area contributed by atoms with E-state index in [0.717, 1.165) is 29.0 Å². The average Bonchev–Trinajstić information content (AvgIpc) is 2.72. The molecule has 2 aromatic carbocycles. The number of hydrogen-bond acceptors (Lipinski definition) is 2. The summed E-state index contributed by atoms with van der Waals surface area (Å²) in [4.78, 5) is 0. The molecule has 0 heterocycles. The number of hydrogen-bond donors (Lipinski definition) is 3. The molecule has 3 rings (SSSR count). The molecule has 0 atom stereocenters. The van der Waals surface area contributed by atoms with Gasteiger partial charge in [0.25, 0.3) is 0 Å². The second kappa shape index (κ2) is 6.84. The summed E-state index contributed by atoms with van der Waals surface area (Å²) in [5.74, 6) is 0. The standard InChI is InChI=1S/C21H25Cl2N3S/c1-11-16(26-19(27)25-12-6-7-14(22)15(23)8-12)9-13-17(18(11)24)21(4,5)10-20(13,2)3/h6-9H,10,24H2,1-5H3,(H2,25,26,27). The minimum atomic E-state index is 0.0605. The van der Waals surface area contributed by atoms with E-state index in [2.05, 4.69) is 44.4 Å². The molecule has 0 saturated heterocycles. The largest absolute Gasteiger partial charge is 0.398 e. The maximum atomic E-state index is 6.56. The molecule has 2 aromatic rings. The maximum absolute atomic E-state index is 6.56. The van der Waals surface area contributed by atoms with E-state index in [0.29, 0.717) is 15.2 Å². The van der Waals surface area contributed by atoms with Gasteiger partial charge in [0.2, 0.25) is 0 Å². The van der Waals surface area contributed by atoms with Crippen LogP contribution in [0.3, 0.4) is 0 Å². The monoisotopic (exact) mass is 421 g/mol. The van der Waals surface area contributed by atoms with Gasteiger partial charge in [0.1, 0.15) is 0 Å². The van der Waals surface area contributed by atoms with Gasteiger partial charge in [-0.1, -0.05) is 50.9 Å². The van der Waals surface area contributed by atoms with Crippen molar-refractivity contribution >= 4 is 57.6 Å². The molecule has 144 valence electrons. The lowest BCUT2D eigenvalue weighted by atomic mass is 9.81. The third kappa shape index (κ3) is 3.75. The highest BCUT2D eigenvalue weighted by Gasteiger charge is 2.43. The van der Waals surface area contributed by atoms with Crippen LogP contribution in [0.1, 0.15) is 50.8 Å². The van der Waals surface area contributed by atoms with Crippen LogP contribution in [0.2, 0.25) is 10.0 Å². The number of thiocarbonyl (C=S) groups is 1. The lowest BCUT2D eigenvalue weighted by molar-refractivity contribution is 0.403. The highest BCUT2D eigenvalue weighted by atomic mass is 35.5. The van der Waals surface area contributed by atoms with Crippen molar-refractivity contribution in [2.45, 2.75) is 51.9 Å². The molecular formula is C21H25Cl2N3S. The van der Waals surface area contributed by atoms with Crippen molar-refractivity contribution in [1.82, 2.24) is 0 Å². The summed E-state index contributed by atoms with van der Waals surface area (Å²) in [5, 5.41) is 7.90. The molecule has 0 fully saturated rings. The zero-order valence-corrected chi connectivity index (χ0v) is 18.6. The molecule has 0 bridgehead atoms. The van der Waals surface area contributed by atoms with Crippen LogP contribution < -0.4 is 16.4 Å². The van der Waals surface area contributed by atoms with E-state index >= 15 is 0 Å². The van der Waals surface area contributed by atoms with Crippen molar-refractivity contribution in [2.75, 3.05) is 16.4 Å². The SMILES string of the molecule is Cc1c(NC(=S)Nc2ccc(Cl)c(Cl)c2)cc2c(c1N)C(C)(C)CC2(C)C. The van der Waals surface area contributed by atoms with Gasteiger partial charge in [-0.15, -0.1) is 0 Å². The Balaban J connectivity index is 1.91. The molecular weight excluding hydrogens is 397 g/mol. The Kier molecular flexibility index (Phi) is 5.13. The predicted octanol–water partition coefficient (Wildman–Crippen LogP) is 6.65. The molecule has 0 radical (unpaired) electrons. The Morgan fingerprint density at radius 3 is 2.33 bits per heavy atom. The number of nitrogen functional groups attached to an aromatic ring is 1. The zero-order chi connectivity index (χ0) is 20.1. The van der Waals surface area contributed by atoms with E-state index < -0.39 is 0 Å². The van der Waals surface area contributed by atoms with Crippen LogP contribution in [0.5, 0.6) is 0 Å². The Labute approximate surface area is 176 Å². The molecule has 1 aliphatic rings. The quantitative estimate of drug-likeness (QED) is 0.375. The van der Waals surface area contributed by atoms with Crippen LogP contribution in [0.15, 0.2) is 24.3 Å². The molecule has 3 nitrogen and oxygen atoms in total. The van der Waals surface area contributed by atoms with Gasteiger partial charge >= 0.3 is 0 Å². The molecule has 0 saturated carbocycles. The van der Waals surface area contributed by atoms with Gasteiger partial charge in [-0.3, -0.25) is 0 Å². The normalized spacial score (nSPS) is 16.7. The van der Waals surface area contributed by atoms with Gasteiger partial charge in [-0.05, 0) is 77.3 Å². The highest BCUT2D eigenvalue weighted by Crippen LogP contribution is 2.53. The number of benzene rings is 2. The summed E-state index contributed by atoms with van der Waals surface area (Å²) < 4.78 is 0. The second-order valence-electron chi connectivity index (χ2n) is 8.54. The Bertz CT molecular complexity index is 936. The van der Waals surface area contributed by atoms with Gasteiger partial charge in [-0.2, -0.15) is 0 Å². The minimum absolute atomic E-state index is 0.0605. The van der Waals surface area contributed by atoms with Crippen LogP contribution >= 0.6 is 35.4 Å². The van der Waals surface area contributed by atoms with Crippen LogP contribution in [-0.2, 0) is 10.8 Å². The first kappa shape index (κ1) is 20.2.